The third kappa shape index (κ3) is 3.74. The summed E-state index contributed by atoms with van der Waals surface area (Å²) < 4.78 is 5.06. The van der Waals surface area contributed by atoms with Crippen LogP contribution < -0.4 is 0 Å². The first kappa shape index (κ1) is 14.5. The van der Waals surface area contributed by atoms with E-state index < -0.39 is 5.41 Å². The summed E-state index contributed by atoms with van der Waals surface area (Å²) in [5.74, 6) is 0.234. The molecule has 0 aliphatic rings. The minimum Gasteiger partial charge on any atom is -0.508 e. The SMILES string of the molecule is COCC(C)(C)C(=O)N(C)Cc1cccc(O)c1. The van der Waals surface area contributed by atoms with Crippen molar-refractivity contribution in [1.82, 2.24) is 4.90 Å². The van der Waals surface area contributed by atoms with E-state index in [1.807, 2.05) is 19.9 Å². The topological polar surface area (TPSA) is 49.8 Å². The molecule has 4 nitrogen and oxygen atoms in total. The molecule has 0 saturated heterocycles. The molecule has 0 heterocycles. The molecule has 0 bridgehead atoms. The average Bonchev–Trinajstić information content (AvgIpc) is 2.27. The van der Waals surface area contributed by atoms with E-state index in [2.05, 4.69) is 0 Å². The lowest BCUT2D eigenvalue weighted by molar-refractivity contribution is -0.142. The van der Waals surface area contributed by atoms with E-state index >= 15 is 0 Å². The highest BCUT2D eigenvalue weighted by molar-refractivity contribution is 5.81. The van der Waals surface area contributed by atoms with Crippen molar-refractivity contribution in [2.75, 3.05) is 20.8 Å². The molecule has 1 rings (SSSR count). The second kappa shape index (κ2) is 5.87. The van der Waals surface area contributed by atoms with Gasteiger partial charge in [-0.25, -0.2) is 0 Å². The zero-order valence-corrected chi connectivity index (χ0v) is 11.4. The van der Waals surface area contributed by atoms with Crippen molar-refractivity contribution in [2.24, 2.45) is 5.41 Å². The molecular formula is C14H21NO3. The number of methoxy groups -OCH3 is 1. The van der Waals surface area contributed by atoms with Crippen molar-refractivity contribution in [3.8, 4) is 5.75 Å². The first-order chi connectivity index (χ1) is 8.36. The smallest absolute Gasteiger partial charge is 0.230 e. The summed E-state index contributed by atoms with van der Waals surface area (Å²) in [6.07, 6.45) is 0. The molecule has 1 N–H and O–H groups in total. The predicted molar refractivity (Wildman–Crippen MR) is 70.2 cm³/mol. The number of phenolic OH excluding ortho intramolecular Hbond substituents is 1. The molecule has 0 fully saturated rings. The van der Waals surface area contributed by atoms with E-state index in [0.717, 1.165) is 5.56 Å². The number of aromatic hydroxyl groups is 1. The van der Waals surface area contributed by atoms with E-state index in [1.165, 1.54) is 0 Å². The maximum absolute atomic E-state index is 12.2. The Labute approximate surface area is 108 Å². The Morgan fingerprint density at radius 3 is 2.67 bits per heavy atom. The van der Waals surface area contributed by atoms with Crippen LogP contribution in [-0.2, 0) is 16.1 Å². The number of ether oxygens (including phenoxy) is 1. The number of phenols is 1. The van der Waals surface area contributed by atoms with E-state index in [0.29, 0.717) is 13.2 Å². The largest absolute Gasteiger partial charge is 0.508 e. The first-order valence-corrected chi connectivity index (χ1v) is 5.89. The van der Waals surface area contributed by atoms with Crippen molar-refractivity contribution in [2.45, 2.75) is 20.4 Å². The van der Waals surface area contributed by atoms with Gasteiger partial charge in [-0.1, -0.05) is 12.1 Å². The minimum absolute atomic E-state index is 0.0210. The molecule has 0 aliphatic heterocycles. The Morgan fingerprint density at radius 1 is 1.44 bits per heavy atom. The lowest BCUT2D eigenvalue weighted by atomic mass is 9.93. The number of nitrogens with zero attached hydrogens (tertiary/aromatic N) is 1. The Bertz CT molecular complexity index is 415. The van der Waals surface area contributed by atoms with Gasteiger partial charge in [0.1, 0.15) is 5.75 Å². The molecule has 18 heavy (non-hydrogen) atoms. The molecule has 1 aromatic rings. The summed E-state index contributed by atoms with van der Waals surface area (Å²) in [6, 6.07) is 6.92. The Morgan fingerprint density at radius 2 is 2.11 bits per heavy atom. The van der Waals surface area contributed by atoms with Crippen molar-refractivity contribution >= 4 is 5.91 Å². The maximum Gasteiger partial charge on any atom is 0.230 e. The van der Waals surface area contributed by atoms with E-state index in [-0.39, 0.29) is 11.7 Å². The fourth-order valence-corrected chi connectivity index (χ4v) is 1.94. The molecule has 1 amide bonds. The molecule has 1 aromatic carbocycles. The van der Waals surface area contributed by atoms with Crippen LogP contribution in [0, 0.1) is 5.41 Å². The van der Waals surface area contributed by atoms with E-state index in [1.54, 1.807) is 37.3 Å². The number of hydrogen-bond donors (Lipinski definition) is 1. The number of carbonyl (C=O) groups excluding carboxylic acids is 1. The molecule has 0 aliphatic carbocycles. The Balaban J connectivity index is 2.71. The fourth-order valence-electron chi connectivity index (χ4n) is 1.94. The van der Waals surface area contributed by atoms with Gasteiger partial charge in [0.05, 0.1) is 12.0 Å². The van der Waals surface area contributed by atoms with Gasteiger partial charge in [0.25, 0.3) is 0 Å². The van der Waals surface area contributed by atoms with Gasteiger partial charge in [-0.3, -0.25) is 4.79 Å². The average molecular weight is 251 g/mol. The van der Waals surface area contributed by atoms with Crippen LogP contribution in [0.3, 0.4) is 0 Å². The Hall–Kier alpha value is -1.55. The predicted octanol–water partition coefficient (Wildman–Crippen LogP) is 2.02. The number of hydrogen-bond acceptors (Lipinski definition) is 3. The van der Waals surface area contributed by atoms with Crippen LogP contribution in [0.5, 0.6) is 5.75 Å². The van der Waals surface area contributed by atoms with Crippen LogP contribution in [0.2, 0.25) is 0 Å². The second-order valence-electron chi connectivity index (χ2n) is 5.15. The molecule has 4 heteroatoms. The van der Waals surface area contributed by atoms with Crippen LogP contribution >= 0.6 is 0 Å². The van der Waals surface area contributed by atoms with E-state index in [4.69, 9.17) is 4.74 Å². The van der Waals surface area contributed by atoms with Crippen LogP contribution in [0.4, 0.5) is 0 Å². The molecule has 100 valence electrons. The Kier molecular flexibility index (Phi) is 4.73. The second-order valence-corrected chi connectivity index (χ2v) is 5.15. The highest BCUT2D eigenvalue weighted by Crippen LogP contribution is 2.20. The van der Waals surface area contributed by atoms with Crippen LogP contribution in [0.15, 0.2) is 24.3 Å². The molecule has 0 saturated carbocycles. The normalized spacial score (nSPS) is 11.3. The lowest BCUT2D eigenvalue weighted by Gasteiger charge is -2.28. The minimum atomic E-state index is -0.541. The van der Waals surface area contributed by atoms with Gasteiger partial charge in [-0.2, -0.15) is 0 Å². The van der Waals surface area contributed by atoms with E-state index in [9.17, 15) is 9.90 Å². The fraction of sp³-hybridized carbons (Fsp3) is 0.500. The zero-order valence-electron chi connectivity index (χ0n) is 11.4. The van der Waals surface area contributed by atoms with Crippen LogP contribution in [0.25, 0.3) is 0 Å². The standard InChI is InChI=1S/C14H21NO3/c1-14(2,10-18-4)13(17)15(3)9-11-6-5-7-12(16)8-11/h5-8,16H,9-10H2,1-4H3. The number of carbonyl (C=O) groups is 1. The van der Waals surface area contributed by atoms with Crippen molar-refractivity contribution < 1.29 is 14.6 Å². The molecule has 0 unspecified atom stereocenters. The van der Waals surface area contributed by atoms with Crippen molar-refractivity contribution in [3.05, 3.63) is 29.8 Å². The van der Waals surface area contributed by atoms with Crippen LogP contribution in [0.1, 0.15) is 19.4 Å². The summed E-state index contributed by atoms with van der Waals surface area (Å²) in [4.78, 5) is 13.9. The molecule has 0 spiro atoms. The monoisotopic (exact) mass is 251 g/mol. The van der Waals surface area contributed by atoms with Gasteiger partial charge < -0.3 is 14.7 Å². The highest BCUT2D eigenvalue weighted by atomic mass is 16.5. The number of amides is 1. The first-order valence-electron chi connectivity index (χ1n) is 5.89. The van der Waals surface area contributed by atoms with Crippen LogP contribution in [-0.4, -0.2) is 36.7 Å². The van der Waals surface area contributed by atoms with Gasteiger partial charge in [-0.15, -0.1) is 0 Å². The highest BCUT2D eigenvalue weighted by Gasteiger charge is 2.30. The molecule has 0 aromatic heterocycles. The van der Waals surface area contributed by atoms with Gasteiger partial charge in [-0.05, 0) is 31.5 Å². The quantitative estimate of drug-likeness (QED) is 0.871. The third-order valence-electron chi connectivity index (χ3n) is 2.76. The number of rotatable bonds is 5. The lowest BCUT2D eigenvalue weighted by Crippen LogP contribution is -2.40. The molecule has 0 atom stereocenters. The molecule has 0 radical (unpaired) electrons. The number of benzene rings is 1. The summed E-state index contributed by atoms with van der Waals surface area (Å²) in [5.41, 5.74) is 0.361. The zero-order chi connectivity index (χ0) is 13.8. The molecular weight excluding hydrogens is 230 g/mol. The van der Waals surface area contributed by atoms with Gasteiger partial charge >= 0.3 is 0 Å². The van der Waals surface area contributed by atoms with Gasteiger partial charge in [0.15, 0.2) is 0 Å². The van der Waals surface area contributed by atoms with Crippen molar-refractivity contribution in [3.63, 3.8) is 0 Å². The third-order valence-corrected chi connectivity index (χ3v) is 2.76. The maximum atomic E-state index is 12.2. The summed E-state index contributed by atoms with van der Waals surface area (Å²) in [5, 5.41) is 9.39. The van der Waals surface area contributed by atoms with Gasteiger partial charge in [0.2, 0.25) is 5.91 Å². The summed E-state index contributed by atoms with van der Waals surface area (Å²) in [6.45, 7) is 4.58. The summed E-state index contributed by atoms with van der Waals surface area (Å²) >= 11 is 0. The van der Waals surface area contributed by atoms with Crippen molar-refractivity contribution in [1.29, 1.82) is 0 Å². The summed E-state index contributed by atoms with van der Waals surface area (Å²) in [7, 11) is 3.34. The van der Waals surface area contributed by atoms with Gasteiger partial charge in [0, 0.05) is 20.7 Å².